The summed E-state index contributed by atoms with van der Waals surface area (Å²) < 4.78 is 2.54. The largest absolute Gasteiger partial charge is 0.506 e. The SMILES string of the molecule is O=C(O)CC(CC(=O)O)[n+]1ccc(C2=C(O)C(=C3C=CC(=[N+](CC(=O)O)CC(=O)O)C=C3)C2=O)cc1. The maximum Gasteiger partial charge on any atom is 0.369 e. The number of hydrogen-bond acceptors (Lipinski definition) is 6. The van der Waals surface area contributed by atoms with E-state index in [-0.39, 0.29) is 16.9 Å². The molecule has 2 aliphatic rings. The van der Waals surface area contributed by atoms with Crippen LogP contribution in [0.1, 0.15) is 24.4 Å². The third kappa shape index (κ3) is 5.78. The van der Waals surface area contributed by atoms with Crippen LogP contribution in [0.3, 0.4) is 0 Å². The first kappa shape index (κ1) is 25.7. The first-order valence-electron chi connectivity index (χ1n) is 10.6. The molecule has 36 heavy (non-hydrogen) atoms. The minimum Gasteiger partial charge on any atom is -0.506 e. The van der Waals surface area contributed by atoms with E-state index in [2.05, 4.69) is 0 Å². The summed E-state index contributed by atoms with van der Waals surface area (Å²) in [7, 11) is 0. The molecule has 1 heterocycles. The fourth-order valence-electron chi connectivity index (χ4n) is 3.88. The zero-order valence-corrected chi connectivity index (χ0v) is 18.7. The summed E-state index contributed by atoms with van der Waals surface area (Å²) in [6, 6.07) is 2.10. The molecule has 1 aromatic rings. The van der Waals surface area contributed by atoms with Crippen molar-refractivity contribution in [2.75, 3.05) is 13.1 Å². The van der Waals surface area contributed by atoms with Gasteiger partial charge in [-0.15, -0.1) is 0 Å². The second kappa shape index (κ2) is 10.6. The lowest BCUT2D eigenvalue weighted by Gasteiger charge is -2.23. The molecule has 0 spiro atoms. The molecule has 2 aliphatic carbocycles. The van der Waals surface area contributed by atoms with E-state index in [1.807, 2.05) is 0 Å². The lowest BCUT2D eigenvalue weighted by Crippen LogP contribution is -2.41. The van der Waals surface area contributed by atoms with Crippen molar-refractivity contribution in [3.8, 4) is 0 Å². The van der Waals surface area contributed by atoms with Crippen molar-refractivity contribution in [1.82, 2.24) is 0 Å². The minimum atomic E-state index is -1.21. The van der Waals surface area contributed by atoms with Crippen LogP contribution in [0.25, 0.3) is 5.57 Å². The second-order valence-corrected chi connectivity index (χ2v) is 8.00. The lowest BCUT2D eigenvalue weighted by atomic mass is 9.80. The number of carbonyl (C=O) groups is 5. The summed E-state index contributed by atoms with van der Waals surface area (Å²) in [5, 5.41) is 46.6. The molecule has 12 heteroatoms. The van der Waals surface area contributed by atoms with Crippen LogP contribution in [0.2, 0.25) is 0 Å². The first-order valence-corrected chi connectivity index (χ1v) is 10.6. The Balaban J connectivity index is 1.87. The second-order valence-electron chi connectivity index (χ2n) is 8.00. The quantitative estimate of drug-likeness (QED) is 0.222. The number of ketones is 1. The monoisotopic (exact) mass is 498 g/mol. The average Bonchev–Trinajstić information content (AvgIpc) is 2.78. The Morgan fingerprint density at radius 2 is 1.28 bits per heavy atom. The van der Waals surface area contributed by atoms with E-state index in [4.69, 9.17) is 20.4 Å². The number of aliphatic hydroxyl groups is 1. The summed E-state index contributed by atoms with van der Waals surface area (Å²) in [6.07, 6.45) is 7.88. The van der Waals surface area contributed by atoms with Gasteiger partial charge < -0.3 is 25.5 Å². The van der Waals surface area contributed by atoms with Crippen LogP contribution in [0.15, 0.2) is 65.7 Å². The number of nitrogens with zero attached hydrogens (tertiary/aromatic N) is 2. The number of hydrogen-bond donors (Lipinski definition) is 5. The fraction of sp³-hybridized carbons (Fsp3) is 0.208. The highest BCUT2D eigenvalue weighted by Crippen LogP contribution is 2.38. The van der Waals surface area contributed by atoms with Crippen LogP contribution < -0.4 is 4.57 Å². The van der Waals surface area contributed by atoms with E-state index in [9.17, 15) is 29.1 Å². The summed E-state index contributed by atoms with van der Waals surface area (Å²) >= 11 is 0. The van der Waals surface area contributed by atoms with Crippen LogP contribution in [-0.2, 0) is 24.0 Å². The zero-order chi connectivity index (χ0) is 26.6. The first-order chi connectivity index (χ1) is 17.0. The van der Waals surface area contributed by atoms with E-state index in [1.165, 1.54) is 53.4 Å². The van der Waals surface area contributed by atoms with Gasteiger partial charge in [0.25, 0.3) is 0 Å². The van der Waals surface area contributed by atoms with Gasteiger partial charge in [-0.2, -0.15) is 0 Å². The Morgan fingerprint density at radius 1 is 0.778 bits per heavy atom. The van der Waals surface area contributed by atoms with Gasteiger partial charge in [0.1, 0.15) is 18.6 Å². The molecular weight excluding hydrogens is 476 g/mol. The molecule has 0 amide bonds. The summed E-state index contributed by atoms with van der Waals surface area (Å²) in [4.78, 5) is 57.0. The van der Waals surface area contributed by atoms with E-state index in [0.717, 1.165) is 4.58 Å². The highest BCUT2D eigenvalue weighted by molar-refractivity contribution is 6.39. The molecule has 3 rings (SSSR count). The number of aliphatic carboxylic acids is 4. The maximum atomic E-state index is 12.8. The average molecular weight is 498 g/mol. The number of carbonyl (C=O) groups excluding carboxylic acids is 1. The van der Waals surface area contributed by atoms with Gasteiger partial charge in [0.05, 0.1) is 11.1 Å². The van der Waals surface area contributed by atoms with Crippen LogP contribution in [-0.4, -0.2) is 78.6 Å². The van der Waals surface area contributed by atoms with Gasteiger partial charge in [0.2, 0.25) is 24.6 Å². The number of aliphatic hydroxyl groups excluding tert-OH is 1. The van der Waals surface area contributed by atoms with Crippen molar-refractivity contribution in [3.05, 3.63) is 71.3 Å². The molecule has 0 fully saturated rings. The third-order valence-electron chi connectivity index (χ3n) is 5.48. The molecule has 1 aromatic heterocycles. The number of rotatable bonds is 10. The van der Waals surface area contributed by atoms with Crippen molar-refractivity contribution in [3.63, 3.8) is 0 Å². The fourth-order valence-corrected chi connectivity index (χ4v) is 3.88. The number of Topliss-reactive ketones (excluding diaryl/α,β-unsaturated/α-hetero) is 1. The standard InChI is InChI=1S/C24H20N2O10/c27-17(28)9-16(10-18(29)30)25-7-5-14(6-8-25)22-23(35)21(24(22)36)13-1-3-15(4-2-13)26(11-19(31)32)12-20(33)34/h1-8,16H,9-12H2,(H3-,27,28,29,30,31,32,33,34)/p+2. The van der Waals surface area contributed by atoms with Gasteiger partial charge in [0, 0.05) is 29.8 Å². The van der Waals surface area contributed by atoms with Gasteiger partial charge in [0.15, 0.2) is 18.4 Å². The lowest BCUT2D eigenvalue weighted by molar-refractivity contribution is -0.721. The summed E-state index contributed by atoms with van der Waals surface area (Å²) in [6.45, 7) is -1.07. The van der Waals surface area contributed by atoms with Gasteiger partial charge in [-0.25, -0.2) is 18.7 Å². The molecule has 5 N–H and O–H groups in total. The van der Waals surface area contributed by atoms with Crippen LogP contribution >= 0.6 is 0 Å². The topological polar surface area (TPSA) is 193 Å². The predicted octanol–water partition coefficient (Wildman–Crippen LogP) is 0.362. The zero-order valence-electron chi connectivity index (χ0n) is 18.7. The molecule has 12 nitrogen and oxygen atoms in total. The molecule has 0 aromatic carbocycles. The van der Waals surface area contributed by atoms with E-state index >= 15 is 0 Å². The molecule has 0 saturated heterocycles. The maximum absolute atomic E-state index is 12.8. The highest BCUT2D eigenvalue weighted by Gasteiger charge is 2.37. The van der Waals surface area contributed by atoms with Crippen molar-refractivity contribution >= 4 is 40.9 Å². The number of carboxylic acid groups (broad SMARTS) is 4. The Bertz CT molecular complexity index is 1260. The van der Waals surface area contributed by atoms with Crippen LogP contribution in [0.5, 0.6) is 0 Å². The number of pyridine rings is 1. The molecule has 0 atom stereocenters. The van der Waals surface area contributed by atoms with Crippen molar-refractivity contribution in [1.29, 1.82) is 0 Å². The normalized spacial score (nSPS) is 14.8. The van der Waals surface area contributed by atoms with Crippen LogP contribution in [0.4, 0.5) is 0 Å². The Hall–Kier alpha value is -4.87. The molecule has 186 valence electrons. The molecule has 0 bridgehead atoms. The minimum absolute atomic E-state index is 0.0333. The highest BCUT2D eigenvalue weighted by atomic mass is 16.4. The number of aromatic nitrogens is 1. The van der Waals surface area contributed by atoms with Gasteiger partial charge >= 0.3 is 23.9 Å². The predicted molar refractivity (Wildman–Crippen MR) is 120 cm³/mol. The molecule has 0 unspecified atom stereocenters. The van der Waals surface area contributed by atoms with Crippen molar-refractivity contribution in [2.45, 2.75) is 18.9 Å². The molecular formula is C24H22N2O10+2. The Labute approximate surface area is 203 Å². The van der Waals surface area contributed by atoms with Gasteiger partial charge in [-0.1, -0.05) is 0 Å². The Morgan fingerprint density at radius 3 is 1.69 bits per heavy atom. The van der Waals surface area contributed by atoms with Crippen molar-refractivity contribution < 1.29 is 58.6 Å². The van der Waals surface area contributed by atoms with E-state index in [1.54, 1.807) is 0 Å². The molecule has 0 aliphatic heterocycles. The third-order valence-corrected chi connectivity index (χ3v) is 5.48. The van der Waals surface area contributed by atoms with Gasteiger partial charge in [-0.3, -0.25) is 14.4 Å². The van der Waals surface area contributed by atoms with Gasteiger partial charge in [-0.05, 0) is 17.7 Å². The molecule has 0 saturated carbocycles. The van der Waals surface area contributed by atoms with Crippen LogP contribution in [0, 0.1) is 0 Å². The summed E-state index contributed by atoms with van der Waals surface area (Å²) in [5.74, 6) is -5.48. The number of allylic oxidation sites excluding steroid dienone is 7. The summed E-state index contributed by atoms with van der Waals surface area (Å²) in [5.41, 5.74) is 1.08. The molecule has 0 radical (unpaired) electrons. The smallest absolute Gasteiger partial charge is 0.369 e. The van der Waals surface area contributed by atoms with E-state index in [0.29, 0.717) is 16.8 Å². The Kier molecular flexibility index (Phi) is 7.58. The number of carboxylic acids is 4. The van der Waals surface area contributed by atoms with E-state index < -0.39 is 61.6 Å². The van der Waals surface area contributed by atoms with Crippen molar-refractivity contribution in [2.24, 2.45) is 0 Å².